The van der Waals surface area contributed by atoms with Crippen molar-refractivity contribution in [1.82, 2.24) is 0 Å². The molecule has 0 aromatic rings. The van der Waals surface area contributed by atoms with Crippen molar-refractivity contribution in [3.05, 3.63) is 11.1 Å². The first-order chi connectivity index (χ1) is 3.63. The number of sulfone groups is 1. The molecule has 0 aromatic carbocycles. The Bertz CT molecular complexity index is 214. The Morgan fingerprint density at radius 2 is 2.25 bits per heavy atom. The van der Waals surface area contributed by atoms with Crippen LogP contribution in [-0.4, -0.2) is 14.2 Å². The first-order valence-electron chi connectivity index (χ1n) is 2.31. The molecule has 0 aliphatic carbocycles. The second-order valence-electron chi connectivity index (χ2n) is 1.71. The van der Waals surface area contributed by atoms with Crippen LogP contribution >= 0.6 is 0 Å². The molecule has 1 aliphatic rings. The molecule has 46 valence electrons. The van der Waals surface area contributed by atoms with Crippen molar-refractivity contribution in [2.24, 2.45) is 5.73 Å². The second kappa shape index (κ2) is 1.48. The van der Waals surface area contributed by atoms with E-state index in [4.69, 9.17) is 5.73 Å². The molecule has 0 fully saturated rings. The summed E-state index contributed by atoms with van der Waals surface area (Å²) in [7, 11) is -2.99. The molecule has 0 saturated heterocycles. The third-order valence-electron chi connectivity index (χ3n) is 1.09. The van der Waals surface area contributed by atoms with Crippen LogP contribution in [0.15, 0.2) is 11.1 Å². The van der Waals surface area contributed by atoms with E-state index in [-0.39, 0.29) is 10.8 Å². The molecule has 0 radical (unpaired) electrons. The van der Waals surface area contributed by atoms with E-state index < -0.39 is 9.84 Å². The first kappa shape index (κ1) is 5.62. The summed E-state index contributed by atoms with van der Waals surface area (Å²) in [5, 5.41) is 0.0394. The number of rotatable bonds is 0. The van der Waals surface area contributed by atoms with Crippen molar-refractivity contribution in [3.63, 3.8) is 0 Å². The molecule has 1 heterocycles. The topological polar surface area (TPSA) is 60.2 Å². The number of nitrogens with two attached hydrogens (primary N) is 1. The summed E-state index contributed by atoms with van der Waals surface area (Å²) in [6.07, 6.45) is 2.11. The van der Waals surface area contributed by atoms with E-state index in [0.29, 0.717) is 6.42 Å². The quantitative estimate of drug-likeness (QED) is 0.489. The zero-order valence-corrected chi connectivity index (χ0v) is 5.11. The fourth-order valence-corrected chi connectivity index (χ4v) is 1.64. The molecule has 2 N–H and O–H groups in total. The summed E-state index contributed by atoms with van der Waals surface area (Å²) in [6.45, 7) is 0. The minimum atomic E-state index is -2.99. The predicted octanol–water partition coefficient (Wildman–Crippen LogP) is -0.395. The molecule has 1 aliphatic heterocycles. The Morgan fingerprint density at radius 1 is 1.62 bits per heavy atom. The van der Waals surface area contributed by atoms with Gasteiger partial charge in [0.25, 0.3) is 0 Å². The largest absolute Gasteiger partial charge is 0.390 e. The zero-order valence-electron chi connectivity index (χ0n) is 4.29. The monoisotopic (exact) mass is 133 g/mol. The summed E-state index contributed by atoms with van der Waals surface area (Å²) in [4.78, 5) is 0. The SMILES string of the molecule is NC1=CCCS1(=O)=O. The fraction of sp³-hybridized carbons (Fsp3) is 0.500. The number of hydrogen-bond donors (Lipinski definition) is 1. The van der Waals surface area contributed by atoms with Crippen molar-refractivity contribution in [1.29, 1.82) is 0 Å². The van der Waals surface area contributed by atoms with Crippen molar-refractivity contribution in [3.8, 4) is 0 Å². The Hall–Kier alpha value is -0.510. The van der Waals surface area contributed by atoms with E-state index in [1.54, 1.807) is 0 Å². The standard InChI is InChI=1S/C4H7NO2S/c5-4-2-1-3-8(4,6)7/h2H,1,3,5H2. The van der Waals surface area contributed by atoms with Crippen molar-refractivity contribution in [2.45, 2.75) is 6.42 Å². The highest BCUT2D eigenvalue weighted by Crippen LogP contribution is 2.11. The van der Waals surface area contributed by atoms with Gasteiger partial charge in [-0.25, -0.2) is 8.42 Å². The molecule has 0 unspecified atom stereocenters. The van der Waals surface area contributed by atoms with E-state index in [0.717, 1.165) is 0 Å². The van der Waals surface area contributed by atoms with Gasteiger partial charge in [0.2, 0.25) is 0 Å². The van der Waals surface area contributed by atoms with Crippen LogP contribution in [0.5, 0.6) is 0 Å². The van der Waals surface area contributed by atoms with Crippen LogP contribution in [0.4, 0.5) is 0 Å². The second-order valence-corrected chi connectivity index (χ2v) is 3.82. The van der Waals surface area contributed by atoms with Gasteiger partial charge in [-0.15, -0.1) is 0 Å². The number of allylic oxidation sites excluding steroid dienone is 1. The Balaban J connectivity index is 3.08. The molecule has 8 heavy (non-hydrogen) atoms. The Labute approximate surface area is 48.1 Å². The van der Waals surface area contributed by atoms with Crippen LogP contribution in [0.1, 0.15) is 6.42 Å². The molecule has 0 atom stereocenters. The van der Waals surface area contributed by atoms with Gasteiger partial charge in [-0.3, -0.25) is 0 Å². The van der Waals surface area contributed by atoms with Crippen LogP contribution in [0, 0.1) is 0 Å². The average molecular weight is 133 g/mol. The lowest BCUT2D eigenvalue weighted by Crippen LogP contribution is -2.08. The molecule has 0 amide bonds. The lowest BCUT2D eigenvalue weighted by molar-refractivity contribution is 0.604. The van der Waals surface area contributed by atoms with E-state index in [1.165, 1.54) is 6.08 Å². The van der Waals surface area contributed by atoms with Gasteiger partial charge >= 0.3 is 0 Å². The maximum absolute atomic E-state index is 10.6. The van der Waals surface area contributed by atoms with Crippen LogP contribution in [0.2, 0.25) is 0 Å². The smallest absolute Gasteiger partial charge is 0.193 e. The minimum Gasteiger partial charge on any atom is -0.390 e. The van der Waals surface area contributed by atoms with E-state index >= 15 is 0 Å². The van der Waals surface area contributed by atoms with Gasteiger partial charge in [-0.05, 0) is 12.5 Å². The normalized spacial score (nSPS) is 25.2. The molecule has 3 nitrogen and oxygen atoms in total. The molecule has 0 bridgehead atoms. The van der Waals surface area contributed by atoms with Gasteiger partial charge in [0, 0.05) is 0 Å². The average Bonchev–Trinajstić information content (AvgIpc) is 1.86. The lowest BCUT2D eigenvalue weighted by atomic mass is 10.5. The molecular weight excluding hydrogens is 126 g/mol. The maximum atomic E-state index is 10.6. The van der Waals surface area contributed by atoms with E-state index in [1.807, 2.05) is 0 Å². The van der Waals surface area contributed by atoms with Gasteiger partial charge in [0.15, 0.2) is 9.84 Å². The van der Waals surface area contributed by atoms with Gasteiger partial charge in [0.05, 0.1) is 5.75 Å². The van der Waals surface area contributed by atoms with Crippen molar-refractivity contribution < 1.29 is 8.42 Å². The highest BCUT2D eigenvalue weighted by molar-refractivity contribution is 7.95. The molecule has 0 saturated carbocycles. The molecule has 0 aromatic heterocycles. The van der Waals surface area contributed by atoms with E-state index in [9.17, 15) is 8.42 Å². The summed E-state index contributed by atoms with van der Waals surface area (Å²) in [5.74, 6) is 0.193. The Kier molecular flexibility index (Phi) is 1.04. The lowest BCUT2D eigenvalue weighted by Gasteiger charge is -1.89. The first-order valence-corrected chi connectivity index (χ1v) is 3.96. The molecule has 0 spiro atoms. The molecule has 4 heteroatoms. The van der Waals surface area contributed by atoms with E-state index in [2.05, 4.69) is 0 Å². The third kappa shape index (κ3) is 0.709. The third-order valence-corrected chi connectivity index (χ3v) is 2.75. The summed E-state index contributed by atoms with van der Waals surface area (Å²) < 4.78 is 21.1. The predicted molar refractivity (Wildman–Crippen MR) is 30.7 cm³/mol. The Morgan fingerprint density at radius 3 is 2.38 bits per heavy atom. The van der Waals surface area contributed by atoms with Crippen LogP contribution < -0.4 is 5.73 Å². The fourth-order valence-electron chi connectivity index (χ4n) is 0.601. The van der Waals surface area contributed by atoms with Gasteiger partial charge < -0.3 is 5.73 Å². The summed E-state index contributed by atoms with van der Waals surface area (Å²) in [6, 6.07) is 0. The van der Waals surface area contributed by atoms with Crippen LogP contribution in [0.3, 0.4) is 0 Å². The van der Waals surface area contributed by atoms with Crippen LogP contribution in [-0.2, 0) is 9.84 Å². The minimum absolute atomic E-state index is 0.0394. The van der Waals surface area contributed by atoms with Crippen LogP contribution in [0.25, 0.3) is 0 Å². The van der Waals surface area contributed by atoms with Gasteiger partial charge in [-0.2, -0.15) is 0 Å². The summed E-state index contributed by atoms with van der Waals surface area (Å²) >= 11 is 0. The highest BCUT2D eigenvalue weighted by atomic mass is 32.2. The number of hydrogen-bond acceptors (Lipinski definition) is 3. The molecule has 1 rings (SSSR count). The molecular formula is C4H7NO2S. The van der Waals surface area contributed by atoms with Crippen molar-refractivity contribution in [2.75, 3.05) is 5.75 Å². The summed E-state index contributed by atoms with van der Waals surface area (Å²) in [5.41, 5.74) is 5.09. The maximum Gasteiger partial charge on any atom is 0.193 e. The van der Waals surface area contributed by atoms with Gasteiger partial charge in [0.1, 0.15) is 5.03 Å². The zero-order chi connectivity index (χ0) is 6.20. The highest BCUT2D eigenvalue weighted by Gasteiger charge is 2.18. The van der Waals surface area contributed by atoms with Crippen molar-refractivity contribution >= 4 is 9.84 Å². The van der Waals surface area contributed by atoms with Gasteiger partial charge in [-0.1, -0.05) is 0 Å².